The van der Waals surface area contributed by atoms with E-state index in [1.807, 2.05) is 44.2 Å². The Morgan fingerprint density at radius 3 is 2.86 bits per heavy atom. The first-order valence-electron chi connectivity index (χ1n) is 8.90. The summed E-state index contributed by atoms with van der Waals surface area (Å²) in [7, 11) is 0. The Kier molecular flexibility index (Phi) is 4.67. The van der Waals surface area contributed by atoms with Gasteiger partial charge in [0.15, 0.2) is 5.82 Å². The normalized spacial score (nSPS) is 13.3. The fourth-order valence-electron chi connectivity index (χ4n) is 3.15. The average Bonchev–Trinajstić information content (AvgIpc) is 3.28. The van der Waals surface area contributed by atoms with Crippen LogP contribution >= 0.6 is 0 Å². The van der Waals surface area contributed by atoms with Gasteiger partial charge in [-0.15, -0.1) is 0 Å². The van der Waals surface area contributed by atoms with Gasteiger partial charge in [0.05, 0.1) is 29.3 Å². The molecular weight excluding hydrogens is 354 g/mol. The van der Waals surface area contributed by atoms with Gasteiger partial charge in [0, 0.05) is 24.5 Å². The molecule has 8 heteroatoms. The van der Waals surface area contributed by atoms with Crippen LogP contribution < -0.4 is 10.6 Å². The summed E-state index contributed by atoms with van der Waals surface area (Å²) >= 11 is 0. The molecule has 0 spiro atoms. The molecule has 0 saturated carbocycles. The maximum atomic E-state index is 12.5. The first-order chi connectivity index (χ1) is 13.7. The number of allylic oxidation sites excluding steroid dienone is 1. The highest BCUT2D eigenvalue weighted by atomic mass is 16.1. The lowest BCUT2D eigenvalue weighted by atomic mass is 10.1. The Balaban J connectivity index is 1.84. The van der Waals surface area contributed by atoms with Gasteiger partial charge in [0.1, 0.15) is 11.5 Å². The summed E-state index contributed by atoms with van der Waals surface area (Å²) in [5.41, 5.74) is 3.39. The molecule has 4 heterocycles. The quantitative estimate of drug-likeness (QED) is 0.669. The summed E-state index contributed by atoms with van der Waals surface area (Å²) in [5.74, 6) is 1.20. The lowest BCUT2D eigenvalue weighted by Gasteiger charge is -2.12. The molecule has 0 bridgehead atoms. The third-order valence-corrected chi connectivity index (χ3v) is 4.31. The van der Waals surface area contributed by atoms with E-state index in [2.05, 4.69) is 30.7 Å². The van der Waals surface area contributed by atoms with Crippen molar-refractivity contribution in [2.24, 2.45) is 5.10 Å². The van der Waals surface area contributed by atoms with Crippen LogP contribution in [0, 0.1) is 0 Å². The number of nitrogens with zero attached hydrogens (tertiary/aromatic N) is 5. The van der Waals surface area contributed by atoms with Crippen LogP contribution in [0.1, 0.15) is 35.6 Å². The number of nitrogens with one attached hydrogen (secondary N) is 2. The number of imidazole rings is 1. The van der Waals surface area contributed by atoms with Crippen LogP contribution in [0.5, 0.6) is 0 Å². The number of carbonyl (C=O) groups is 1. The van der Waals surface area contributed by atoms with Gasteiger partial charge in [-0.25, -0.2) is 14.6 Å². The Hall–Kier alpha value is -3.81. The molecule has 0 radical (unpaired) electrons. The lowest BCUT2D eigenvalue weighted by molar-refractivity contribution is 0.0966. The number of fused-ring (bicyclic) bond motifs is 1. The third-order valence-electron chi connectivity index (χ3n) is 4.31. The number of hydrogen-bond donors (Lipinski definition) is 2. The van der Waals surface area contributed by atoms with Crippen molar-refractivity contribution in [2.45, 2.75) is 20.4 Å². The maximum absolute atomic E-state index is 12.5. The monoisotopic (exact) mass is 373 g/mol. The fraction of sp³-hybridized carbons (Fsp3) is 0.150. The zero-order valence-electron chi connectivity index (χ0n) is 15.5. The van der Waals surface area contributed by atoms with Gasteiger partial charge < -0.3 is 10.6 Å². The van der Waals surface area contributed by atoms with E-state index in [0.717, 1.165) is 11.3 Å². The number of rotatable bonds is 5. The molecule has 1 amide bonds. The Morgan fingerprint density at radius 1 is 1.21 bits per heavy atom. The van der Waals surface area contributed by atoms with Gasteiger partial charge >= 0.3 is 0 Å². The molecule has 0 atom stereocenters. The minimum atomic E-state index is -0.143. The standard InChI is InChI=1S/C20H19N7O/c1-3-7-17-22-12-15(27(17)25-4-2)19-13-10-24-20(28)18(13)14(11-23-19)26-16-8-5-6-9-21-16/h3-9,11-12H,10H2,1-2H3,(H,21,26)(H,24,28)/b7-3-,25-4-. The second-order valence-corrected chi connectivity index (χ2v) is 6.08. The van der Waals surface area contributed by atoms with Crippen LogP contribution in [0.2, 0.25) is 0 Å². The van der Waals surface area contributed by atoms with Crippen molar-refractivity contribution < 1.29 is 4.79 Å². The predicted octanol–water partition coefficient (Wildman–Crippen LogP) is 3.21. The van der Waals surface area contributed by atoms with E-state index >= 15 is 0 Å². The molecule has 4 rings (SSSR count). The van der Waals surface area contributed by atoms with Crippen LogP contribution in [0.15, 0.2) is 48.0 Å². The van der Waals surface area contributed by atoms with Crippen molar-refractivity contribution in [1.82, 2.24) is 24.9 Å². The van der Waals surface area contributed by atoms with Gasteiger partial charge in [-0.2, -0.15) is 5.10 Å². The summed E-state index contributed by atoms with van der Waals surface area (Å²) < 4.78 is 1.72. The smallest absolute Gasteiger partial charge is 0.254 e. The minimum Gasteiger partial charge on any atom is -0.348 e. The van der Waals surface area contributed by atoms with Crippen molar-refractivity contribution in [3.63, 3.8) is 0 Å². The molecule has 1 aliphatic heterocycles. The van der Waals surface area contributed by atoms with E-state index in [-0.39, 0.29) is 5.91 Å². The highest BCUT2D eigenvalue weighted by Crippen LogP contribution is 2.33. The molecule has 0 aromatic carbocycles. The van der Waals surface area contributed by atoms with E-state index in [9.17, 15) is 4.79 Å². The molecule has 0 saturated heterocycles. The topological polar surface area (TPSA) is 97.1 Å². The van der Waals surface area contributed by atoms with Crippen LogP contribution in [0.25, 0.3) is 17.5 Å². The second kappa shape index (κ2) is 7.43. The molecule has 28 heavy (non-hydrogen) atoms. The highest BCUT2D eigenvalue weighted by molar-refractivity contribution is 6.05. The zero-order chi connectivity index (χ0) is 19.5. The van der Waals surface area contributed by atoms with E-state index < -0.39 is 0 Å². The first kappa shape index (κ1) is 17.6. The summed E-state index contributed by atoms with van der Waals surface area (Å²) in [4.78, 5) is 25.8. The first-order valence-corrected chi connectivity index (χ1v) is 8.90. The van der Waals surface area contributed by atoms with Gasteiger partial charge in [-0.1, -0.05) is 12.1 Å². The number of amides is 1. The lowest BCUT2D eigenvalue weighted by Crippen LogP contribution is -2.13. The fourth-order valence-corrected chi connectivity index (χ4v) is 3.15. The second-order valence-electron chi connectivity index (χ2n) is 6.08. The molecule has 3 aromatic heterocycles. The SMILES string of the molecule is C/C=C\c1ncc(-c2ncc(Nc3ccccn3)c3c2CNC3=O)n1/N=C\C. The summed E-state index contributed by atoms with van der Waals surface area (Å²) in [6.45, 7) is 4.16. The van der Waals surface area contributed by atoms with E-state index in [1.54, 1.807) is 29.5 Å². The van der Waals surface area contributed by atoms with Gasteiger partial charge in [0.25, 0.3) is 5.91 Å². The van der Waals surface area contributed by atoms with Crippen molar-refractivity contribution in [1.29, 1.82) is 0 Å². The van der Waals surface area contributed by atoms with Crippen molar-refractivity contribution in [3.05, 3.63) is 59.8 Å². The van der Waals surface area contributed by atoms with E-state index in [1.165, 1.54) is 0 Å². The minimum absolute atomic E-state index is 0.143. The van der Waals surface area contributed by atoms with Crippen LogP contribution in [0.3, 0.4) is 0 Å². The summed E-state index contributed by atoms with van der Waals surface area (Å²) in [5, 5.41) is 10.5. The molecule has 8 nitrogen and oxygen atoms in total. The largest absolute Gasteiger partial charge is 0.348 e. The molecule has 3 aromatic rings. The summed E-state index contributed by atoms with van der Waals surface area (Å²) in [6.07, 6.45) is 10.5. The zero-order valence-corrected chi connectivity index (χ0v) is 15.5. The molecule has 0 aliphatic carbocycles. The van der Waals surface area contributed by atoms with Gasteiger partial charge in [-0.05, 0) is 32.1 Å². The number of carbonyl (C=O) groups excluding carboxylic acids is 1. The maximum Gasteiger partial charge on any atom is 0.254 e. The van der Waals surface area contributed by atoms with Crippen LogP contribution in [-0.4, -0.2) is 31.7 Å². The average molecular weight is 373 g/mol. The number of anilines is 2. The van der Waals surface area contributed by atoms with Crippen molar-refractivity contribution >= 4 is 29.7 Å². The predicted molar refractivity (Wildman–Crippen MR) is 108 cm³/mol. The van der Waals surface area contributed by atoms with Crippen LogP contribution in [0.4, 0.5) is 11.5 Å². The van der Waals surface area contributed by atoms with Gasteiger partial charge in [0.2, 0.25) is 0 Å². The Morgan fingerprint density at radius 2 is 2.11 bits per heavy atom. The molecule has 0 fully saturated rings. The van der Waals surface area contributed by atoms with Gasteiger partial charge in [-0.3, -0.25) is 9.78 Å². The highest BCUT2D eigenvalue weighted by Gasteiger charge is 2.28. The summed E-state index contributed by atoms with van der Waals surface area (Å²) in [6, 6.07) is 5.55. The van der Waals surface area contributed by atoms with Crippen molar-refractivity contribution in [3.8, 4) is 11.4 Å². The van der Waals surface area contributed by atoms with Crippen LogP contribution in [-0.2, 0) is 6.54 Å². The number of aromatic nitrogens is 4. The van der Waals surface area contributed by atoms with Crippen molar-refractivity contribution in [2.75, 3.05) is 5.32 Å². The molecule has 1 aliphatic rings. The number of pyridine rings is 2. The molecule has 140 valence electrons. The molecule has 0 unspecified atom stereocenters. The van der Waals surface area contributed by atoms with E-state index in [4.69, 9.17) is 0 Å². The third kappa shape index (κ3) is 3.05. The molecular formula is C20H19N7O. The Bertz CT molecular complexity index is 1080. The van der Waals surface area contributed by atoms with E-state index in [0.29, 0.717) is 35.1 Å². The molecule has 2 N–H and O–H groups in total. The Labute approximate surface area is 162 Å². The number of hydrogen-bond acceptors (Lipinski definition) is 6.